The normalized spacial score (nSPS) is 11.1. The molecule has 0 fully saturated rings. The molecule has 0 radical (unpaired) electrons. The summed E-state index contributed by atoms with van der Waals surface area (Å²) in [5, 5.41) is 8.05. The van der Waals surface area contributed by atoms with E-state index in [1.54, 1.807) is 13.3 Å². The first-order valence-electron chi connectivity index (χ1n) is 4.70. The van der Waals surface area contributed by atoms with E-state index in [0.29, 0.717) is 0 Å². The Morgan fingerprint density at radius 2 is 2.27 bits per heavy atom. The first-order valence-corrected chi connectivity index (χ1v) is 6.20. The Morgan fingerprint density at radius 3 is 2.87 bits per heavy atom. The summed E-state index contributed by atoms with van der Waals surface area (Å²) in [7, 11) is 2.48. The smallest absolute Gasteiger partial charge is 0.127 e. The van der Waals surface area contributed by atoms with Crippen molar-refractivity contribution in [3.63, 3.8) is 0 Å². The zero-order valence-corrected chi connectivity index (χ0v) is 9.74. The van der Waals surface area contributed by atoms with Gasteiger partial charge in [-0.3, -0.25) is 5.10 Å². The van der Waals surface area contributed by atoms with Crippen LogP contribution in [0.15, 0.2) is 30.6 Å². The lowest BCUT2D eigenvalue weighted by Gasteiger charge is -2.08. The fraction of sp³-hybridized carbons (Fsp3) is 0.182. The Morgan fingerprint density at radius 1 is 1.40 bits per heavy atom. The highest BCUT2D eigenvalue weighted by Gasteiger charge is 2.06. The van der Waals surface area contributed by atoms with Gasteiger partial charge >= 0.3 is 0 Å². The quantitative estimate of drug-likeness (QED) is 0.803. The lowest BCUT2D eigenvalue weighted by atomic mass is 10.1. The lowest BCUT2D eigenvalue weighted by molar-refractivity contribution is 0.417. The molecule has 0 bridgehead atoms. The summed E-state index contributed by atoms with van der Waals surface area (Å²) in [6.45, 7) is 2.16. The highest BCUT2D eigenvalue weighted by molar-refractivity contribution is 7.46. The maximum absolute atomic E-state index is 5.37. The maximum atomic E-state index is 5.37. The number of nitrogens with zero attached hydrogens (tertiary/aromatic N) is 1. The van der Waals surface area contributed by atoms with Gasteiger partial charge in [0.05, 0.1) is 13.3 Å². The zero-order chi connectivity index (χ0) is 10.7. The molecule has 0 saturated heterocycles. The molecule has 0 aliphatic heterocycles. The van der Waals surface area contributed by atoms with E-state index < -0.39 is 0 Å². The molecule has 0 aliphatic rings. The average molecular weight is 220 g/mol. The van der Waals surface area contributed by atoms with Crippen LogP contribution in [0, 0.1) is 0 Å². The van der Waals surface area contributed by atoms with Crippen LogP contribution >= 0.6 is 8.58 Å². The highest BCUT2D eigenvalue weighted by Crippen LogP contribution is 2.29. The van der Waals surface area contributed by atoms with Crippen molar-refractivity contribution in [2.75, 3.05) is 13.8 Å². The van der Waals surface area contributed by atoms with Crippen LogP contribution < -0.4 is 10.0 Å². The van der Waals surface area contributed by atoms with Gasteiger partial charge in [-0.2, -0.15) is 5.10 Å². The zero-order valence-electron chi connectivity index (χ0n) is 8.74. The molecule has 78 valence electrons. The van der Waals surface area contributed by atoms with Crippen molar-refractivity contribution in [1.82, 2.24) is 10.2 Å². The van der Waals surface area contributed by atoms with Crippen molar-refractivity contribution in [2.24, 2.45) is 0 Å². The fourth-order valence-electron chi connectivity index (χ4n) is 1.48. The van der Waals surface area contributed by atoms with E-state index in [9.17, 15) is 0 Å². The van der Waals surface area contributed by atoms with Crippen LogP contribution in [0.2, 0.25) is 0 Å². The minimum atomic E-state index is 0.788. The molecule has 1 heterocycles. The second-order valence-electron chi connectivity index (χ2n) is 3.15. The number of benzene rings is 1. The van der Waals surface area contributed by atoms with Crippen LogP contribution in [0.3, 0.4) is 0 Å². The molecule has 2 aromatic rings. The van der Waals surface area contributed by atoms with E-state index in [1.807, 2.05) is 6.20 Å². The fourth-order valence-corrected chi connectivity index (χ4v) is 2.01. The minimum absolute atomic E-state index is 0.788. The van der Waals surface area contributed by atoms with Gasteiger partial charge in [0.1, 0.15) is 5.75 Å². The third-order valence-electron chi connectivity index (χ3n) is 2.30. The lowest BCUT2D eigenvalue weighted by Crippen LogP contribution is -1.96. The Balaban J connectivity index is 2.48. The van der Waals surface area contributed by atoms with E-state index in [4.69, 9.17) is 4.74 Å². The van der Waals surface area contributed by atoms with Crippen LogP contribution in [-0.2, 0) is 0 Å². The van der Waals surface area contributed by atoms with Gasteiger partial charge in [0.15, 0.2) is 0 Å². The number of ether oxygens (including phenoxy) is 1. The molecule has 1 unspecified atom stereocenters. The summed E-state index contributed by atoms with van der Waals surface area (Å²) >= 11 is 0. The van der Waals surface area contributed by atoms with E-state index in [0.717, 1.165) is 25.5 Å². The van der Waals surface area contributed by atoms with Gasteiger partial charge in [-0.1, -0.05) is 14.6 Å². The van der Waals surface area contributed by atoms with Gasteiger partial charge in [0.2, 0.25) is 0 Å². The van der Waals surface area contributed by atoms with Crippen molar-refractivity contribution < 1.29 is 4.74 Å². The van der Waals surface area contributed by atoms with Crippen molar-refractivity contribution in [2.45, 2.75) is 0 Å². The Bertz CT molecular complexity index is 440. The topological polar surface area (TPSA) is 37.9 Å². The molecule has 3 nitrogen and oxygen atoms in total. The summed E-state index contributed by atoms with van der Waals surface area (Å²) in [6, 6.07) is 6.29. The van der Waals surface area contributed by atoms with Crippen LogP contribution in [0.1, 0.15) is 0 Å². The van der Waals surface area contributed by atoms with Crippen LogP contribution in [-0.4, -0.2) is 24.0 Å². The second-order valence-corrected chi connectivity index (χ2v) is 4.23. The number of nitrogens with one attached hydrogen (secondary N) is 1. The predicted molar refractivity (Wildman–Crippen MR) is 64.4 cm³/mol. The molecule has 1 atom stereocenters. The van der Waals surface area contributed by atoms with Crippen LogP contribution in [0.4, 0.5) is 0 Å². The van der Waals surface area contributed by atoms with Gasteiger partial charge in [-0.15, -0.1) is 0 Å². The first-order chi connectivity index (χ1) is 7.35. The van der Waals surface area contributed by atoms with Gasteiger partial charge in [0.25, 0.3) is 0 Å². The largest absolute Gasteiger partial charge is 0.496 e. The molecule has 1 N–H and O–H groups in total. The number of hydrogen-bond donors (Lipinski definition) is 1. The van der Waals surface area contributed by atoms with Crippen molar-refractivity contribution in [3.8, 4) is 16.9 Å². The first kappa shape index (κ1) is 10.2. The summed E-state index contributed by atoms with van der Waals surface area (Å²) in [5.74, 6) is 0.906. The van der Waals surface area contributed by atoms with Crippen LogP contribution in [0.25, 0.3) is 11.1 Å². The summed E-state index contributed by atoms with van der Waals surface area (Å²) < 4.78 is 5.37. The molecule has 4 heteroatoms. The average Bonchev–Trinajstić information content (AvgIpc) is 2.81. The van der Waals surface area contributed by atoms with E-state index in [2.05, 4.69) is 35.1 Å². The Kier molecular flexibility index (Phi) is 3.02. The molecule has 0 amide bonds. The number of aromatic amines is 1. The number of rotatable bonds is 3. The molecule has 2 rings (SSSR count). The summed E-state index contributed by atoms with van der Waals surface area (Å²) in [5.41, 5.74) is 2.13. The number of aromatic nitrogens is 2. The van der Waals surface area contributed by atoms with Gasteiger partial charge in [0, 0.05) is 17.3 Å². The minimum Gasteiger partial charge on any atom is -0.496 e. The molecule has 1 aromatic heterocycles. The summed E-state index contributed by atoms with van der Waals surface area (Å²) in [6.07, 6.45) is 3.66. The molecular weight excluding hydrogens is 207 g/mol. The maximum Gasteiger partial charge on any atom is 0.127 e. The van der Waals surface area contributed by atoms with E-state index in [1.165, 1.54) is 5.30 Å². The van der Waals surface area contributed by atoms with Crippen molar-refractivity contribution >= 4 is 13.9 Å². The SMILES string of the molecule is COc1cc(PC)ccc1-c1cn[nH]c1. The third kappa shape index (κ3) is 2.02. The van der Waals surface area contributed by atoms with Crippen LogP contribution in [0.5, 0.6) is 5.75 Å². The third-order valence-corrected chi connectivity index (χ3v) is 3.19. The summed E-state index contributed by atoms with van der Waals surface area (Å²) in [4.78, 5) is 0. The van der Waals surface area contributed by atoms with Gasteiger partial charge in [-0.25, -0.2) is 0 Å². The number of H-pyrrole nitrogens is 1. The monoisotopic (exact) mass is 220 g/mol. The van der Waals surface area contributed by atoms with Gasteiger partial charge in [-0.05, 0) is 24.1 Å². The van der Waals surface area contributed by atoms with Crippen molar-refractivity contribution in [3.05, 3.63) is 30.6 Å². The van der Waals surface area contributed by atoms with E-state index in [-0.39, 0.29) is 0 Å². The molecule has 1 aromatic carbocycles. The Labute approximate surface area is 90.6 Å². The highest BCUT2D eigenvalue weighted by atomic mass is 31.1. The standard InChI is InChI=1S/C11H13N2OP/c1-14-11-5-9(15-2)3-4-10(11)8-6-12-13-7-8/h3-7,15H,1-2H3,(H,12,13). The van der Waals surface area contributed by atoms with E-state index >= 15 is 0 Å². The predicted octanol–water partition coefficient (Wildman–Crippen LogP) is 2.02. The Hall–Kier alpha value is -1.34. The molecule has 0 saturated carbocycles. The number of methoxy groups -OCH3 is 1. The molecule has 0 aliphatic carbocycles. The molecular formula is C11H13N2OP. The van der Waals surface area contributed by atoms with Crippen molar-refractivity contribution in [1.29, 1.82) is 0 Å². The van der Waals surface area contributed by atoms with Gasteiger partial charge < -0.3 is 4.74 Å². The second kappa shape index (κ2) is 4.45. The molecule has 15 heavy (non-hydrogen) atoms. The molecule has 0 spiro atoms. The number of hydrogen-bond acceptors (Lipinski definition) is 2.